The number of phenolic OH excluding ortho intramolecular Hbond substituents is 1. The molecule has 2 saturated heterocycles. The molecule has 0 radical (unpaired) electrons. The van der Waals surface area contributed by atoms with Crippen LogP contribution in [0.1, 0.15) is 54.7 Å². The van der Waals surface area contributed by atoms with Gasteiger partial charge in [-0.1, -0.05) is 37.3 Å². The first kappa shape index (κ1) is 23.5. The Kier molecular flexibility index (Phi) is 7.20. The van der Waals surface area contributed by atoms with Crippen molar-refractivity contribution in [3.05, 3.63) is 77.9 Å². The summed E-state index contributed by atoms with van der Waals surface area (Å²) in [5.74, 6) is 0.977. The molecular formula is C28H37N3O2. The largest absolute Gasteiger partial charge is 0.508 e. The number of carbonyl (C=O) groups excluding carboxylic acids is 1. The van der Waals surface area contributed by atoms with Gasteiger partial charge >= 0.3 is 0 Å². The van der Waals surface area contributed by atoms with Crippen LogP contribution in [0.3, 0.4) is 0 Å². The highest BCUT2D eigenvalue weighted by molar-refractivity contribution is 5.94. The van der Waals surface area contributed by atoms with E-state index in [-0.39, 0.29) is 17.7 Å². The van der Waals surface area contributed by atoms with Gasteiger partial charge in [0.1, 0.15) is 5.75 Å². The molecule has 176 valence electrons. The number of amides is 1. The predicted octanol–water partition coefficient (Wildman–Crippen LogP) is 4.54. The van der Waals surface area contributed by atoms with Crippen molar-refractivity contribution >= 4 is 5.91 Å². The predicted molar refractivity (Wildman–Crippen MR) is 133 cm³/mol. The lowest BCUT2D eigenvalue weighted by Crippen LogP contribution is -2.57. The third kappa shape index (κ3) is 5.15. The third-order valence-electron chi connectivity index (χ3n) is 7.23. The van der Waals surface area contributed by atoms with Crippen LogP contribution in [-0.4, -0.2) is 70.5 Å². The maximum atomic E-state index is 13.0. The first-order valence-corrected chi connectivity index (χ1v) is 12.2. The molecule has 1 amide bonds. The molecule has 2 heterocycles. The molecule has 1 N–H and O–H groups in total. The maximum absolute atomic E-state index is 13.0. The molecule has 2 aromatic carbocycles. The number of nitrogens with zero attached hydrogens (tertiary/aromatic N) is 3. The Balaban J connectivity index is 1.63. The first-order valence-electron chi connectivity index (χ1n) is 12.2. The number of rotatable bonds is 6. The molecule has 1 unspecified atom stereocenters. The average Bonchev–Trinajstić information content (AvgIpc) is 3.23. The summed E-state index contributed by atoms with van der Waals surface area (Å²) in [6.45, 7) is 15.1. The van der Waals surface area contributed by atoms with Gasteiger partial charge in [-0.2, -0.15) is 0 Å². The van der Waals surface area contributed by atoms with Gasteiger partial charge in [-0.3, -0.25) is 14.6 Å². The van der Waals surface area contributed by atoms with Crippen LogP contribution in [0.4, 0.5) is 0 Å². The maximum Gasteiger partial charge on any atom is 0.253 e. The summed E-state index contributed by atoms with van der Waals surface area (Å²) in [6, 6.07) is 16.4. The van der Waals surface area contributed by atoms with Gasteiger partial charge in [-0.25, -0.2) is 0 Å². The van der Waals surface area contributed by atoms with E-state index in [1.165, 1.54) is 0 Å². The average molecular weight is 448 g/mol. The Morgan fingerprint density at radius 2 is 1.82 bits per heavy atom. The van der Waals surface area contributed by atoms with Crippen LogP contribution in [0.2, 0.25) is 0 Å². The normalized spacial score (nSPS) is 25.2. The molecule has 2 aromatic rings. The van der Waals surface area contributed by atoms with Gasteiger partial charge in [0.2, 0.25) is 0 Å². The zero-order chi connectivity index (χ0) is 23.5. The lowest BCUT2D eigenvalue weighted by molar-refractivity contribution is 0.0306. The minimum absolute atomic E-state index is 0.0105. The minimum Gasteiger partial charge on any atom is -0.508 e. The molecule has 0 saturated carbocycles. The third-order valence-corrected chi connectivity index (χ3v) is 7.23. The van der Waals surface area contributed by atoms with Gasteiger partial charge in [0, 0.05) is 50.4 Å². The molecule has 0 aromatic heterocycles. The first-order chi connectivity index (χ1) is 15.9. The lowest BCUT2D eigenvalue weighted by atomic mass is 9.92. The summed E-state index contributed by atoms with van der Waals surface area (Å²) in [5, 5.41) is 10.2. The molecule has 0 spiro atoms. The van der Waals surface area contributed by atoms with E-state index in [1.807, 2.05) is 35.2 Å². The summed E-state index contributed by atoms with van der Waals surface area (Å²) < 4.78 is 0. The second-order valence-electron chi connectivity index (χ2n) is 9.90. The number of piperazine rings is 1. The second kappa shape index (κ2) is 10.1. The van der Waals surface area contributed by atoms with Gasteiger partial charge < -0.3 is 10.0 Å². The lowest BCUT2D eigenvalue weighted by Gasteiger charge is -2.47. The summed E-state index contributed by atoms with van der Waals surface area (Å²) in [6.07, 6.45) is 3.06. The van der Waals surface area contributed by atoms with Crippen molar-refractivity contribution in [2.75, 3.05) is 32.7 Å². The number of hydrogen-bond acceptors (Lipinski definition) is 4. The Morgan fingerprint density at radius 1 is 1.06 bits per heavy atom. The summed E-state index contributed by atoms with van der Waals surface area (Å²) in [7, 11) is 0. The van der Waals surface area contributed by atoms with Crippen molar-refractivity contribution in [3.8, 4) is 5.75 Å². The Hall–Kier alpha value is -2.63. The SMILES string of the molecule is C=CCN1C[C@H](C)N([C@H](c2ccc(C(=O)N3CCC(C)C3)cc2)c2cccc(O)c2)C[C@H]1C. The number of likely N-dealkylation sites (tertiary alicyclic amines) is 1. The fraction of sp³-hybridized carbons (Fsp3) is 0.464. The van der Waals surface area contributed by atoms with Crippen LogP contribution in [0.15, 0.2) is 61.2 Å². The van der Waals surface area contributed by atoms with Crippen LogP contribution < -0.4 is 0 Å². The van der Waals surface area contributed by atoms with E-state index >= 15 is 0 Å². The Morgan fingerprint density at radius 3 is 2.45 bits per heavy atom. The van der Waals surface area contributed by atoms with Gasteiger partial charge in [-0.05, 0) is 61.6 Å². The van der Waals surface area contributed by atoms with Crippen LogP contribution in [0.5, 0.6) is 5.75 Å². The second-order valence-corrected chi connectivity index (χ2v) is 9.90. The van der Waals surface area contributed by atoms with Gasteiger partial charge in [0.05, 0.1) is 6.04 Å². The molecule has 2 aliphatic rings. The van der Waals surface area contributed by atoms with Crippen molar-refractivity contribution in [2.45, 2.75) is 45.3 Å². The molecule has 2 aliphatic heterocycles. The summed E-state index contributed by atoms with van der Waals surface area (Å²) >= 11 is 0. The van der Waals surface area contributed by atoms with E-state index in [9.17, 15) is 9.90 Å². The van der Waals surface area contributed by atoms with Crippen LogP contribution in [0.25, 0.3) is 0 Å². The zero-order valence-corrected chi connectivity index (χ0v) is 20.2. The number of benzene rings is 2. The number of phenols is 1. The topological polar surface area (TPSA) is 47.0 Å². The Bertz CT molecular complexity index is 973. The minimum atomic E-state index is 0.0105. The highest BCUT2D eigenvalue weighted by Crippen LogP contribution is 2.34. The highest BCUT2D eigenvalue weighted by Gasteiger charge is 2.34. The molecule has 4 rings (SSSR count). The van der Waals surface area contributed by atoms with Crippen molar-refractivity contribution in [1.82, 2.24) is 14.7 Å². The standard InChI is InChI=1S/C28H37N3O2/c1-5-14-29-18-22(4)31(19-21(29)3)27(25-7-6-8-26(32)16-25)23-9-11-24(12-10-23)28(33)30-15-13-20(2)17-30/h5-12,16,20-22,27,32H,1,13-15,17-19H2,2-4H3/t20?,21-,22+,27-/m1/s1. The van der Waals surface area contributed by atoms with Gasteiger partial charge in [0.25, 0.3) is 5.91 Å². The monoisotopic (exact) mass is 447 g/mol. The van der Waals surface area contributed by atoms with E-state index in [0.717, 1.165) is 55.8 Å². The van der Waals surface area contributed by atoms with E-state index in [1.54, 1.807) is 6.07 Å². The molecule has 0 aliphatic carbocycles. The quantitative estimate of drug-likeness (QED) is 0.661. The van der Waals surface area contributed by atoms with Crippen molar-refractivity contribution in [1.29, 1.82) is 0 Å². The number of hydrogen-bond donors (Lipinski definition) is 1. The van der Waals surface area contributed by atoms with Crippen molar-refractivity contribution in [2.24, 2.45) is 5.92 Å². The van der Waals surface area contributed by atoms with Crippen LogP contribution in [-0.2, 0) is 0 Å². The van der Waals surface area contributed by atoms with Gasteiger partial charge in [-0.15, -0.1) is 6.58 Å². The van der Waals surface area contributed by atoms with Crippen molar-refractivity contribution in [3.63, 3.8) is 0 Å². The van der Waals surface area contributed by atoms with Crippen molar-refractivity contribution < 1.29 is 9.90 Å². The Labute approximate surface area is 198 Å². The van der Waals surface area contributed by atoms with Crippen LogP contribution in [0, 0.1) is 5.92 Å². The van der Waals surface area contributed by atoms with E-state index in [4.69, 9.17) is 0 Å². The molecule has 5 heteroatoms. The molecule has 2 fully saturated rings. The van der Waals surface area contributed by atoms with E-state index in [0.29, 0.717) is 18.0 Å². The smallest absolute Gasteiger partial charge is 0.253 e. The molecule has 5 nitrogen and oxygen atoms in total. The highest BCUT2D eigenvalue weighted by atomic mass is 16.3. The summed E-state index contributed by atoms with van der Waals surface area (Å²) in [4.78, 5) is 19.9. The fourth-order valence-electron chi connectivity index (χ4n) is 5.39. The number of carbonyl (C=O) groups is 1. The van der Waals surface area contributed by atoms with Crippen LogP contribution >= 0.6 is 0 Å². The molecule has 0 bridgehead atoms. The number of aromatic hydroxyl groups is 1. The summed E-state index contributed by atoms with van der Waals surface area (Å²) in [5.41, 5.74) is 2.96. The van der Waals surface area contributed by atoms with Gasteiger partial charge in [0.15, 0.2) is 0 Å². The molecule has 33 heavy (non-hydrogen) atoms. The van der Waals surface area contributed by atoms with E-state index in [2.05, 4.69) is 55.3 Å². The van der Waals surface area contributed by atoms with E-state index < -0.39 is 0 Å². The molecule has 4 atom stereocenters. The zero-order valence-electron chi connectivity index (χ0n) is 20.2. The fourth-order valence-corrected chi connectivity index (χ4v) is 5.39. The molecular weight excluding hydrogens is 410 g/mol.